The third kappa shape index (κ3) is 2.96. The predicted octanol–water partition coefficient (Wildman–Crippen LogP) is 1.16. The molecule has 0 spiro atoms. The topological polar surface area (TPSA) is 100 Å². The van der Waals surface area contributed by atoms with Crippen molar-refractivity contribution in [1.29, 1.82) is 0 Å². The molecule has 0 saturated heterocycles. The molecule has 1 aliphatic heterocycles. The summed E-state index contributed by atoms with van der Waals surface area (Å²) in [5.41, 5.74) is 2.01. The van der Waals surface area contributed by atoms with Gasteiger partial charge in [-0.15, -0.1) is 11.3 Å². The van der Waals surface area contributed by atoms with E-state index in [1.54, 1.807) is 18.5 Å². The van der Waals surface area contributed by atoms with Crippen LogP contribution in [0.5, 0.6) is 0 Å². The maximum Gasteiger partial charge on any atom is 0.240 e. The molecule has 2 aromatic rings. The van der Waals surface area contributed by atoms with E-state index in [4.69, 9.17) is 0 Å². The minimum Gasteiger partial charge on any atom is -0.365 e. The Morgan fingerprint density at radius 3 is 2.95 bits per heavy atom. The van der Waals surface area contributed by atoms with Crippen LogP contribution in [0.2, 0.25) is 0 Å². The Bertz CT molecular complexity index is 830. The van der Waals surface area contributed by atoms with E-state index in [9.17, 15) is 13.2 Å². The van der Waals surface area contributed by atoms with Crippen LogP contribution in [0.1, 0.15) is 11.3 Å². The molecular weight excluding hydrogens is 324 g/mol. The molecule has 0 unspecified atom stereocenters. The lowest BCUT2D eigenvalue weighted by Crippen LogP contribution is -2.23. The summed E-state index contributed by atoms with van der Waals surface area (Å²) in [5, 5.41) is 8.10. The van der Waals surface area contributed by atoms with Crippen LogP contribution >= 0.6 is 11.3 Å². The van der Waals surface area contributed by atoms with E-state index < -0.39 is 10.0 Å². The maximum atomic E-state index is 12.3. The normalized spacial score (nSPS) is 13.8. The molecule has 0 bridgehead atoms. The number of hydrogen-bond acceptors (Lipinski definition) is 6. The lowest BCUT2D eigenvalue weighted by atomic mass is 10.2. The van der Waals surface area contributed by atoms with Gasteiger partial charge in [0.05, 0.1) is 23.6 Å². The Morgan fingerprint density at radius 1 is 1.41 bits per heavy atom. The predicted molar refractivity (Wildman–Crippen MR) is 84.5 cm³/mol. The molecule has 0 atom stereocenters. The fourth-order valence-corrected chi connectivity index (χ4v) is 3.85. The summed E-state index contributed by atoms with van der Waals surface area (Å²) >= 11 is 1.41. The minimum absolute atomic E-state index is 0.120. The molecule has 0 aliphatic carbocycles. The number of carbonyl (C=O) groups is 1. The number of fused-ring (bicyclic) bond motifs is 1. The molecule has 0 fully saturated rings. The molecule has 1 aromatic carbocycles. The molecule has 1 aliphatic rings. The van der Waals surface area contributed by atoms with Gasteiger partial charge in [0.15, 0.2) is 5.13 Å². The third-order valence-corrected chi connectivity index (χ3v) is 5.53. The smallest absolute Gasteiger partial charge is 0.240 e. The Balaban J connectivity index is 1.75. The van der Waals surface area contributed by atoms with Crippen LogP contribution in [0.15, 0.2) is 28.5 Å². The van der Waals surface area contributed by atoms with Crippen molar-refractivity contribution in [2.75, 3.05) is 17.7 Å². The second-order valence-corrected chi connectivity index (χ2v) is 7.39. The minimum atomic E-state index is -3.64. The summed E-state index contributed by atoms with van der Waals surface area (Å²) in [4.78, 5) is 15.7. The third-order valence-electron chi connectivity index (χ3n) is 3.22. The lowest BCUT2D eigenvalue weighted by molar-refractivity contribution is -0.115. The van der Waals surface area contributed by atoms with E-state index in [2.05, 4.69) is 20.3 Å². The fraction of sp³-hybridized carbons (Fsp3) is 0.231. The molecule has 116 valence electrons. The fourth-order valence-electron chi connectivity index (χ4n) is 2.13. The summed E-state index contributed by atoms with van der Waals surface area (Å²) in [7, 11) is -1.88. The van der Waals surface area contributed by atoms with Crippen LogP contribution in [-0.4, -0.2) is 26.4 Å². The van der Waals surface area contributed by atoms with Gasteiger partial charge in [-0.25, -0.2) is 18.1 Å². The Kier molecular flexibility index (Phi) is 3.85. The van der Waals surface area contributed by atoms with Gasteiger partial charge in [-0.1, -0.05) is 0 Å². The molecule has 7 nitrogen and oxygen atoms in total. The standard InChI is InChI=1S/C13H14N4O3S2/c1-14-13-16-9(7-21-13)6-15-22(19,20)10-2-3-11-8(4-10)5-12(18)17-11/h2-4,7,15H,5-6H2,1H3,(H,14,16)(H,17,18). The molecule has 1 aromatic heterocycles. The summed E-state index contributed by atoms with van der Waals surface area (Å²) < 4.78 is 27.1. The molecule has 2 heterocycles. The molecule has 22 heavy (non-hydrogen) atoms. The number of hydrogen-bond donors (Lipinski definition) is 3. The quantitative estimate of drug-likeness (QED) is 0.759. The number of thiazole rings is 1. The van der Waals surface area contributed by atoms with Crippen molar-refractivity contribution >= 4 is 38.1 Å². The first kappa shape index (κ1) is 14.9. The Morgan fingerprint density at radius 2 is 2.23 bits per heavy atom. The zero-order valence-corrected chi connectivity index (χ0v) is 13.3. The first-order valence-corrected chi connectivity index (χ1v) is 8.89. The lowest BCUT2D eigenvalue weighted by Gasteiger charge is -2.07. The average molecular weight is 338 g/mol. The SMILES string of the molecule is CNc1nc(CNS(=O)(=O)c2ccc3c(c2)CC(=O)N3)cs1. The summed E-state index contributed by atoms with van der Waals surface area (Å²) in [6, 6.07) is 4.61. The zero-order chi connectivity index (χ0) is 15.7. The summed E-state index contributed by atoms with van der Waals surface area (Å²) in [6.07, 6.45) is 0.205. The zero-order valence-electron chi connectivity index (χ0n) is 11.7. The molecule has 3 rings (SSSR count). The molecule has 9 heteroatoms. The first-order valence-electron chi connectivity index (χ1n) is 6.52. The monoisotopic (exact) mass is 338 g/mol. The summed E-state index contributed by atoms with van der Waals surface area (Å²) in [6.45, 7) is 0.120. The number of anilines is 2. The van der Waals surface area contributed by atoms with Crippen molar-refractivity contribution in [1.82, 2.24) is 9.71 Å². The van der Waals surface area contributed by atoms with E-state index in [1.807, 2.05) is 0 Å². The van der Waals surface area contributed by atoms with E-state index in [-0.39, 0.29) is 23.8 Å². The van der Waals surface area contributed by atoms with Gasteiger partial charge in [0.1, 0.15) is 0 Å². The van der Waals surface area contributed by atoms with Crippen LogP contribution in [0.25, 0.3) is 0 Å². The van der Waals surface area contributed by atoms with Crippen LogP contribution in [0, 0.1) is 0 Å². The summed E-state index contributed by atoms with van der Waals surface area (Å²) in [5.74, 6) is -0.125. The number of benzene rings is 1. The van der Waals surface area contributed by atoms with Crippen molar-refractivity contribution in [2.24, 2.45) is 0 Å². The molecule has 0 radical (unpaired) electrons. The van der Waals surface area contributed by atoms with Gasteiger partial charge in [-0.05, 0) is 23.8 Å². The van der Waals surface area contributed by atoms with Crippen molar-refractivity contribution in [2.45, 2.75) is 17.9 Å². The molecule has 1 amide bonds. The number of rotatable bonds is 5. The van der Waals surface area contributed by atoms with Gasteiger partial charge in [0.2, 0.25) is 15.9 Å². The number of carbonyl (C=O) groups excluding carboxylic acids is 1. The van der Waals surface area contributed by atoms with E-state index in [0.29, 0.717) is 16.9 Å². The highest BCUT2D eigenvalue weighted by molar-refractivity contribution is 7.89. The van der Waals surface area contributed by atoms with Crippen LogP contribution < -0.4 is 15.4 Å². The second-order valence-electron chi connectivity index (χ2n) is 4.76. The van der Waals surface area contributed by atoms with Crippen molar-refractivity contribution in [3.05, 3.63) is 34.8 Å². The number of sulfonamides is 1. The van der Waals surface area contributed by atoms with E-state index in [0.717, 1.165) is 5.13 Å². The van der Waals surface area contributed by atoms with Crippen LogP contribution in [0.4, 0.5) is 10.8 Å². The Hall–Kier alpha value is -1.97. The van der Waals surface area contributed by atoms with Crippen LogP contribution in [-0.2, 0) is 27.8 Å². The number of nitrogens with one attached hydrogen (secondary N) is 3. The second kappa shape index (κ2) is 5.67. The molecule has 0 saturated carbocycles. The van der Waals surface area contributed by atoms with E-state index >= 15 is 0 Å². The highest BCUT2D eigenvalue weighted by Crippen LogP contribution is 2.25. The van der Waals surface area contributed by atoms with Crippen LogP contribution in [0.3, 0.4) is 0 Å². The Labute approximate surface area is 131 Å². The maximum absolute atomic E-state index is 12.3. The largest absolute Gasteiger partial charge is 0.365 e. The highest BCUT2D eigenvalue weighted by Gasteiger charge is 2.21. The number of aromatic nitrogens is 1. The van der Waals surface area contributed by atoms with Gasteiger partial charge in [0, 0.05) is 18.1 Å². The first-order chi connectivity index (χ1) is 10.5. The number of amides is 1. The molecular formula is C13H14N4O3S2. The van der Waals surface area contributed by atoms with Gasteiger partial charge in [-0.2, -0.15) is 0 Å². The van der Waals surface area contributed by atoms with Crippen molar-refractivity contribution in [3.8, 4) is 0 Å². The van der Waals surface area contributed by atoms with Gasteiger partial charge in [0.25, 0.3) is 0 Å². The average Bonchev–Trinajstić information content (AvgIpc) is 3.09. The van der Waals surface area contributed by atoms with Gasteiger partial charge in [-0.3, -0.25) is 4.79 Å². The number of nitrogens with zero attached hydrogens (tertiary/aromatic N) is 1. The molecule has 3 N–H and O–H groups in total. The van der Waals surface area contributed by atoms with Gasteiger partial charge < -0.3 is 10.6 Å². The van der Waals surface area contributed by atoms with Gasteiger partial charge >= 0.3 is 0 Å². The van der Waals surface area contributed by atoms with Crippen molar-refractivity contribution in [3.63, 3.8) is 0 Å². The highest BCUT2D eigenvalue weighted by atomic mass is 32.2. The van der Waals surface area contributed by atoms with E-state index in [1.165, 1.54) is 23.5 Å². The van der Waals surface area contributed by atoms with Crippen molar-refractivity contribution < 1.29 is 13.2 Å².